The van der Waals surface area contributed by atoms with Gasteiger partial charge in [0.2, 0.25) is 0 Å². The topological polar surface area (TPSA) is 62.1 Å². The smallest absolute Gasteiger partial charge is 0.266 e. The lowest BCUT2D eigenvalue weighted by Gasteiger charge is -2.13. The Kier molecular flexibility index (Phi) is 7.00. The monoisotopic (exact) mass is 450 g/mol. The van der Waals surface area contributed by atoms with E-state index in [0.29, 0.717) is 17.0 Å². The van der Waals surface area contributed by atoms with Crippen molar-refractivity contribution in [2.75, 3.05) is 5.32 Å². The summed E-state index contributed by atoms with van der Waals surface area (Å²) in [5.41, 5.74) is 3.08. The van der Waals surface area contributed by atoms with Crippen LogP contribution in [-0.2, 0) is 17.8 Å². The van der Waals surface area contributed by atoms with Gasteiger partial charge >= 0.3 is 0 Å². The molecule has 0 spiro atoms. The average molecular weight is 451 g/mol. The van der Waals surface area contributed by atoms with E-state index in [-0.39, 0.29) is 18.0 Å². The molecule has 5 heteroatoms. The number of fused-ring (bicyclic) bond motifs is 1. The minimum Gasteiger partial charge on any atom is -0.488 e. The van der Waals surface area contributed by atoms with Crippen LogP contribution in [0.25, 0.3) is 16.8 Å². The number of nitriles is 1. The summed E-state index contributed by atoms with van der Waals surface area (Å²) in [6.45, 7) is 2.23. The van der Waals surface area contributed by atoms with E-state index in [0.717, 1.165) is 28.3 Å². The molecule has 0 radical (unpaired) electrons. The van der Waals surface area contributed by atoms with Crippen molar-refractivity contribution < 1.29 is 13.9 Å². The molecule has 4 aromatic carbocycles. The molecule has 0 unspecified atom stereocenters. The van der Waals surface area contributed by atoms with Gasteiger partial charge in [0, 0.05) is 11.3 Å². The second-order valence-electron chi connectivity index (χ2n) is 7.75. The third-order valence-electron chi connectivity index (χ3n) is 5.54. The van der Waals surface area contributed by atoms with Crippen LogP contribution in [0.1, 0.15) is 23.6 Å². The maximum atomic E-state index is 13.2. The predicted molar refractivity (Wildman–Crippen MR) is 133 cm³/mol. The number of rotatable bonds is 7. The van der Waals surface area contributed by atoms with Gasteiger partial charge in [-0.2, -0.15) is 5.26 Å². The van der Waals surface area contributed by atoms with Crippen LogP contribution in [0.4, 0.5) is 10.1 Å². The van der Waals surface area contributed by atoms with Crippen molar-refractivity contribution in [3.05, 3.63) is 113 Å². The first kappa shape index (κ1) is 22.8. The average Bonchev–Trinajstić information content (AvgIpc) is 2.87. The molecular formula is C29H23FN2O2. The molecule has 0 bridgehead atoms. The normalized spacial score (nSPS) is 11.1. The quantitative estimate of drug-likeness (QED) is 0.253. The number of amides is 1. The van der Waals surface area contributed by atoms with Gasteiger partial charge in [-0.25, -0.2) is 4.39 Å². The van der Waals surface area contributed by atoms with E-state index in [1.807, 2.05) is 73.7 Å². The number of carbonyl (C=O) groups is 1. The Labute approximate surface area is 197 Å². The number of halogens is 1. The van der Waals surface area contributed by atoms with Crippen molar-refractivity contribution in [2.24, 2.45) is 0 Å². The van der Waals surface area contributed by atoms with Crippen LogP contribution in [-0.4, -0.2) is 5.91 Å². The first-order valence-corrected chi connectivity index (χ1v) is 11.0. The maximum absolute atomic E-state index is 13.2. The van der Waals surface area contributed by atoms with Gasteiger partial charge in [0.05, 0.1) is 0 Å². The van der Waals surface area contributed by atoms with E-state index >= 15 is 0 Å². The van der Waals surface area contributed by atoms with Gasteiger partial charge in [-0.15, -0.1) is 0 Å². The fraction of sp³-hybridized carbons (Fsp3) is 0.103. The van der Waals surface area contributed by atoms with Crippen LogP contribution in [0.5, 0.6) is 5.75 Å². The molecule has 34 heavy (non-hydrogen) atoms. The summed E-state index contributed by atoms with van der Waals surface area (Å²) in [7, 11) is 0. The standard InChI is InChI=1S/C29H23FN2O2/c1-2-21-7-4-6-10-27(21)32-29(33)23(18-31)17-26-25-9-5-3-8-22(25)13-16-28(26)34-19-20-11-14-24(30)15-12-20/h3-17H,2,19H2,1H3,(H,32,33)/b23-17+. The number of para-hydroxylation sites is 1. The van der Waals surface area contributed by atoms with Crippen molar-refractivity contribution in [1.82, 2.24) is 0 Å². The molecule has 4 nitrogen and oxygen atoms in total. The van der Waals surface area contributed by atoms with Gasteiger partial charge in [0.1, 0.15) is 29.8 Å². The fourth-order valence-electron chi connectivity index (χ4n) is 3.73. The van der Waals surface area contributed by atoms with Gasteiger partial charge in [0.25, 0.3) is 5.91 Å². The zero-order chi connectivity index (χ0) is 23.9. The van der Waals surface area contributed by atoms with E-state index in [2.05, 4.69) is 5.32 Å². The lowest BCUT2D eigenvalue weighted by molar-refractivity contribution is -0.112. The highest BCUT2D eigenvalue weighted by Gasteiger charge is 2.15. The van der Waals surface area contributed by atoms with Gasteiger partial charge < -0.3 is 10.1 Å². The Hall–Kier alpha value is -4.43. The van der Waals surface area contributed by atoms with Crippen LogP contribution < -0.4 is 10.1 Å². The number of aryl methyl sites for hydroxylation is 1. The summed E-state index contributed by atoms with van der Waals surface area (Å²) in [6.07, 6.45) is 2.32. The molecule has 0 aliphatic carbocycles. The Morgan fingerprint density at radius 1 is 1.00 bits per heavy atom. The molecule has 1 amide bonds. The van der Waals surface area contributed by atoms with Crippen molar-refractivity contribution in [2.45, 2.75) is 20.0 Å². The van der Waals surface area contributed by atoms with Crippen LogP contribution >= 0.6 is 0 Å². The first-order valence-electron chi connectivity index (χ1n) is 11.0. The number of nitrogens with zero attached hydrogens (tertiary/aromatic N) is 1. The first-order chi connectivity index (χ1) is 16.6. The summed E-state index contributed by atoms with van der Waals surface area (Å²) >= 11 is 0. The second-order valence-corrected chi connectivity index (χ2v) is 7.75. The molecule has 1 N–H and O–H groups in total. The highest BCUT2D eigenvalue weighted by atomic mass is 19.1. The van der Waals surface area contributed by atoms with Gasteiger partial charge in [-0.05, 0) is 58.7 Å². The van der Waals surface area contributed by atoms with Gasteiger partial charge in [-0.1, -0.05) is 67.6 Å². The number of nitrogens with one attached hydrogen (secondary N) is 1. The van der Waals surface area contributed by atoms with Crippen LogP contribution in [0.2, 0.25) is 0 Å². The molecule has 0 atom stereocenters. The van der Waals surface area contributed by atoms with Crippen molar-refractivity contribution in [3.8, 4) is 11.8 Å². The molecule has 0 saturated heterocycles. The van der Waals surface area contributed by atoms with E-state index in [1.165, 1.54) is 12.1 Å². The van der Waals surface area contributed by atoms with Crippen LogP contribution in [0, 0.1) is 17.1 Å². The van der Waals surface area contributed by atoms with Gasteiger partial charge in [-0.3, -0.25) is 4.79 Å². The molecule has 0 heterocycles. The second kappa shape index (κ2) is 10.5. The van der Waals surface area contributed by atoms with Crippen molar-refractivity contribution in [3.63, 3.8) is 0 Å². The molecule has 4 aromatic rings. The summed E-state index contributed by atoms with van der Waals surface area (Å²) in [4.78, 5) is 13.0. The summed E-state index contributed by atoms with van der Waals surface area (Å²) in [5, 5.41) is 14.5. The number of benzene rings is 4. The molecule has 168 valence electrons. The summed E-state index contributed by atoms with van der Waals surface area (Å²) in [5.74, 6) is -0.272. The van der Waals surface area contributed by atoms with E-state index in [4.69, 9.17) is 4.74 Å². The van der Waals surface area contributed by atoms with Crippen molar-refractivity contribution >= 4 is 28.4 Å². The number of hydrogen-bond donors (Lipinski definition) is 1. The molecular weight excluding hydrogens is 427 g/mol. The van der Waals surface area contributed by atoms with E-state index < -0.39 is 5.91 Å². The Morgan fingerprint density at radius 3 is 2.50 bits per heavy atom. The lowest BCUT2D eigenvalue weighted by Crippen LogP contribution is -2.14. The third-order valence-corrected chi connectivity index (χ3v) is 5.54. The van der Waals surface area contributed by atoms with E-state index in [9.17, 15) is 14.4 Å². The zero-order valence-electron chi connectivity index (χ0n) is 18.7. The van der Waals surface area contributed by atoms with E-state index in [1.54, 1.807) is 18.2 Å². The largest absolute Gasteiger partial charge is 0.488 e. The van der Waals surface area contributed by atoms with Crippen LogP contribution in [0.3, 0.4) is 0 Å². The minimum atomic E-state index is -0.485. The zero-order valence-corrected chi connectivity index (χ0v) is 18.7. The molecule has 0 saturated carbocycles. The third kappa shape index (κ3) is 5.13. The fourth-order valence-corrected chi connectivity index (χ4v) is 3.73. The highest BCUT2D eigenvalue weighted by molar-refractivity contribution is 6.11. The predicted octanol–water partition coefficient (Wildman–Crippen LogP) is 6.67. The Balaban J connectivity index is 1.70. The number of hydrogen-bond acceptors (Lipinski definition) is 3. The Bertz CT molecular complexity index is 1400. The molecule has 0 fully saturated rings. The number of anilines is 1. The Morgan fingerprint density at radius 2 is 1.74 bits per heavy atom. The number of carbonyl (C=O) groups excluding carboxylic acids is 1. The molecule has 0 aromatic heterocycles. The van der Waals surface area contributed by atoms with Crippen molar-refractivity contribution in [1.29, 1.82) is 5.26 Å². The summed E-state index contributed by atoms with van der Waals surface area (Å²) in [6, 6.07) is 27.1. The highest BCUT2D eigenvalue weighted by Crippen LogP contribution is 2.31. The minimum absolute atomic E-state index is 0.0334. The molecule has 4 rings (SSSR count). The molecule has 0 aliphatic rings. The SMILES string of the molecule is CCc1ccccc1NC(=O)/C(C#N)=C/c1c(OCc2ccc(F)cc2)ccc2ccccc12. The van der Waals surface area contributed by atoms with Crippen LogP contribution in [0.15, 0.2) is 90.5 Å². The maximum Gasteiger partial charge on any atom is 0.266 e. The lowest BCUT2D eigenvalue weighted by atomic mass is 10.0. The summed E-state index contributed by atoms with van der Waals surface area (Å²) < 4.78 is 19.3. The number of ether oxygens (including phenoxy) is 1. The molecule has 0 aliphatic heterocycles. The van der Waals surface area contributed by atoms with Gasteiger partial charge in [0.15, 0.2) is 0 Å².